The van der Waals surface area contributed by atoms with Gasteiger partial charge in [0.1, 0.15) is 12.4 Å². The Labute approximate surface area is 215 Å². The first-order valence-electron chi connectivity index (χ1n) is 12.2. The number of fused-ring (bicyclic) bond motifs is 1. The molecule has 5 rings (SSSR count). The molecule has 0 spiro atoms. The minimum atomic E-state index is -0.484. The molecule has 0 saturated carbocycles. The van der Waals surface area contributed by atoms with Crippen molar-refractivity contribution in [2.24, 2.45) is 10.2 Å². The van der Waals surface area contributed by atoms with Crippen LogP contribution in [0.5, 0.6) is 11.6 Å². The number of aromatic hydroxyl groups is 1. The molecule has 0 radical (unpaired) electrons. The van der Waals surface area contributed by atoms with Crippen LogP contribution in [0.1, 0.15) is 35.8 Å². The van der Waals surface area contributed by atoms with Crippen LogP contribution in [0.2, 0.25) is 0 Å². The molecule has 0 atom stereocenters. The van der Waals surface area contributed by atoms with Crippen molar-refractivity contribution in [1.29, 1.82) is 0 Å². The molecule has 4 aromatic carbocycles. The summed E-state index contributed by atoms with van der Waals surface area (Å²) >= 11 is 0. The lowest BCUT2D eigenvalue weighted by atomic mass is 10.0. The fourth-order valence-electron chi connectivity index (χ4n) is 4.36. The molecule has 0 aliphatic heterocycles. The van der Waals surface area contributed by atoms with Crippen LogP contribution in [0.25, 0.3) is 22.0 Å². The van der Waals surface area contributed by atoms with E-state index < -0.39 is 5.91 Å². The molecular formula is C31H27N3O3. The number of benzene rings is 4. The number of hydrogen-bond acceptors (Lipinski definition) is 4. The van der Waals surface area contributed by atoms with Crippen LogP contribution in [0.4, 0.5) is 5.69 Å². The SMILES string of the molecule is CC(C)n1c(O)c(N=NC(=O)c2ccc(COc3ccccc3-c3ccccc3)cc2)c2ccccc21. The molecule has 0 saturated heterocycles. The van der Waals surface area contributed by atoms with Crippen LogP contribution >= 0.6 is 0 Å². The van der Waals surface area contributed by atoms with Gasteiger partial charge in [0.05, 0.1) is 5.52 Å². The van der Waals surface area contributed by atoms with Crippen LogP contribution in [-0.2, 0) is 6.61 Å². The number of amides is 1. The van der Waals surface area contributed by atoms with Crippen LogP contribution in [0.3, 0.4) is 0 Å². The number of aromatic nitrogens is 1. The summed E-state index contributed by atoms with van der Waals surface area (Å²) in [6, 6.07) is 32.7. The summed E-state index contributed by atoms with van der Waals surface area (Å²) < 4.78 is 7.88. The van der Waals surface area contributed by atoms with E-state index in [-0.39, 0.29) is 11.9 Å². The number of hydrogen-bond donors (Lipinski definition) is 1. The number of azo groups is 1. The molecule has 1 aromatic heterocycles. The predicted octanol–water partition coefficient (Wildman–Crippen LogP) is 8.10. The molecule has 1 N–H and O–H groups in total. The molecule has 0 bridgehead atoms. The normalized spacial score (nSPS) is 11.4. The summed E-state index contributed by atoms with van der Waals surface area (Å²) in [7, 11) is 0. The molecule has 0 aliphatic carbocycles. The Morgan fingerprint density at radius 2 is 1.54 bits per heavy atom. The van der Waals surface area contributed by atoms with Gasteiger partial charge in [0.25, 0.3) is 5.91 Å². The summed E-state index contributed by atoms with van der Waals surface area (Å²) in [6.07, 6.45) is 0. The Balaban J connectivity index is 1.30. The van der Waals surface area contributed by atoms with E-state index in [1.807, 2.05) is 92.7 Å². The quantitative estimate of drug-likeness (QED) is 0.235. The smallest absolute Gasteiger partial charge is 0.295 e. The summed E-state index contributed by atoms with van der Waals surface area (Å²) in [5, 5.41) is 19.5. The standard InChI is InChI=1S/C31H27N3O3/c1-21(2)34-27-14-8-6-13-26(27)29(31(34)36)32-33-30(35)24-18-16-22(17-19-24)20-37-28-15-9-7-12-25(28)23-10-4-3-5-11-23/h3-19,21,36H,20H2,1-2H3. The lowest BCUT2D eigenvalue weighted by Crippen LogP contribution is -1.99. The lowest BCUT2D eigenvalue weighted by Gasteiger charge is -2.12. The van der Waals surface area contributed by atoms with Gasteiger partial charge >= 0.3 is 0 Å². The van der Waals surface area contributed by atoms with E-state index in [0.717, 1.165) is 33.3 Å². The van der Waals surface area contributed by atoms with Crippen molar-refractivity contribution in [3.63, 3.8) is 0 Å². The molecular weight excluding hydrogens is 462 g/mol. The fraction of sp³-hybridized carbons (Fsp3) is 0.129. The monoisotopic (exact) mass is 489 g/mol. The zero-order valence-corrected chi connectivity index (χ0v) is 20.7. The van der Waals surface area contributed by atoms with E-state index >= 15 is 0 Å². The highest BCUT2D eigenvalue weighted by Gasteiger charge is 2.18. The van der Waals surface area contributed by atoms with Gasteiger partial charge in [-0.05, 0) is 49.2 Å². The Morgan fingerprint density at radius 1 is 0.865 bits per heavy atom. The highest BCUT2D eigenvalue weighted by molar-refractivity contribution is 5.97. The van der Waals surface area contributed by atoms with E-state index in [9.17, 15) is 9.90 Å². The first kappa shape index (κ1) is 24.0. The highest BCUT2D eigenvalue weighted by Crippen LogP contribution is 2.40. The number of carbonyl (C=O) groups is 1. The van der Waals surface area contributed by atoms with Gasteiger partial charge in [0, 0.05) is 22.6 Å². The summed E-state index contributed by atoms with van der Waals surface area (Å²) in [5.41, 5.74) is 4.58. The minimum absolute atomic E-state index is 0.00368. The van der Waals surface area contributed by atoms with Crippen molar-refractivity contribution in [3.8, 4) is 22.8 Å². The molecule has 6 nitrogen and oxygen atoms in total. The van der Waals surface area contributed by atoms with Crippen molar-refractivity contribution in [2.45, 2.75) is 26.5 Å². The predicted molar refractivity (Wildman–Crippen MR) is 145 cm³/mol. The minimum Gasteiger partial charge on any atom is -0.493 e. The topological polar surface area (TPSA) is 76.2 Å². The van der Waals surface area contributed by atoms with Gasteiger partial charge in [-0.1, -0.05) is 78.9 Å². The second-order valence-electron chi connectivity index (χ2n) is 9.01. The maximum absolute atomic E-state index is 12.7. The molecule has 0 fully saturated rings. The van der Waals surface area contributed by atoms with E-state index in [0.29, 0.717) is 17.9 Å². The van der Waals surface area contributed by atoms with Gasteiger partial charge in [0.2, 0.25) is 5.88 Å². The third kappa shape index (κ3) is 5.00. The number of carbonyl (C=O) groups excluding carboxylic acids is 1. The highest BCUT2D eigenvalue weighted by atomic mass is 16.5. The van der Waals surface area contributed by atoms with Gasteiger partial charge in [-0.2, -0.15) is 0 Å². The lowest BCUT2D eigenvalue weighted by molar-refractivity contribution is 0.0995. The second kappa shape index (κ2) is 10.5. The molecule has 1 amide bonds. The third-order valence-electron chi connectivity index (χ3n) is 6.18. The molecule has 0 unspecified atom stereocenters. The van der Waals surface area contributed by atoms with Crippen LogP contribution in [0.15, 0.2) is 113 Å². The molecule has 5 aromatic rings. The molecule has 37 heavy (non-hydrogen) atoms. The number of nitrogens with zero attached hydrogens (tertiary/aromatic N) is 3. The van der Waals surface area contributed by atoms with Crippen LogP contribution < -0.4 is 4.74 Å². The number of rotatable bonds is 7. The van der Waals surface area contributed by atoms with Gasteiger partial charge < -0.3 is 14.4 Å². The summed E-state index contributed by atoms with van der Waals surface area (Å²) in [5.74, 6) is 0.307. The summed E-state index contributed by atoms with van der Waals surface area (Å²) in [4.78, 5) is 12.7. The van der Waals surface area contributed by atoms with Crippen molar-refractivity contribution < 1.29 is 14.6 Å². The average Bonchev–Trinajstić information content (AvgIpc) is 3.22. The van der Waals surface area contributed by atoms with E-state index in [1.54, 1.807) is 16.7 Å². The van der Waals surface area contributed by atoms with Gasteiger partial charge in [0.15, 0.2) is 5.69 Å². The Kier molecular flexibility index (Phi) is 6.81. The van der Waals surface area contributed by atoms with Gasteiger partial charge in [-0.3, -0.25) is 4.79 Å². The molecule has 1 heterocycles. The maximum Gasteiger partial charge on any atom is 0.295 e. The number of para-hydroxylation sites is 2. The number of ether oxygens (including phenoxy) is 1. The van der Waals surface area contributed by atoms with Gasteiger partial charge in [-0.25, -0.2) is 0 Å². The van der Waals surface area contributed by atoms with E-state index in [4.69, 9.17) is 4.74 Å². The van der Waals surface area contributed by atoms with Crippen molar-refractivity contribution in [1.82, 2.24) is 4.57 Å². The van der Waals surface area contributed by atoms with Crippen LogP contribution in [0, 0.1) is 0 Å². The first-order chi connectivity index (χ1) is 18.0. The molecule has 6 heteroatoms. The van der Waals surface area contributed by atoms with E-state index in [1.165, 1.54) is 0 Å². The zero-order chi connectivity index (χ0) is 25.8. The Bertz CT molecular complexity index is 1570. The van der Waals surface area contributed by atoms with E-state index in [2.05, 4.69) is 22.4 Å². The van der Waals surface area contributed by atoms with Crippen LogP contribution in [-0.4, -0.2) is 15.6 Å². The van der Waals surface area contributed by atoms with Crippen molar-refractivity contribution in [3.05, 3.63) is 114 Å². The van der Waals surface area contributed by atoms with Gasteiger partial charge in [-0.15, -0.1) is 10.2 Å². The summed E-state index contributed by atoms with van der Waals surface area (Å²) in [6.45, 7) is 4.32. The largest absolute Gasteiger partial charge is 0.493 e. The maximum atomic E-state index is 12.7. The fourth-order valence-corrected chi connectivity index (χ4v) is 4.36. The second-order valence-corrected chi connectivity index (χ2v) is 9.01. The average molecular weight is 490 g/mol. The Hall–Kier alpha value is -4.71. The molecule has 184 valence electrons. The zero-order valence-electron chi connectivity index (χ0n) is 20.7. The Morgan fingerprint density at radius 3 is 2.30 bits per heavy atom. The molecule has 0 aliphatic rings. The van der Waals surface area contributed by atoms with Crippen molar-refractivity contribution >= 4 is 22.5 Å². The van der Waals surface area contributed by atoms with Crippen molar-refractivity contribution in [2.75, 3.05) is 0 Å². The first-order valence-corrected chi connectivity index (χ1v) is 12.2. The third-order valence-corrected chi connectivity index (χ3v) is 6.18.